The minimum absolute atomic E-state index is 0.151. The molecule has 1 aromatic rings. The quantitative estimate of drug-likeness (QED) is 0.797. The molecule has 2 amide bonds. The van der Waals surface area contributed by atoms with Crippen LogP contribution in [0.4, 0.5) is 0 Å². The molecular formula is C18H26N4O3. The van der Waals surface area contributed by atoms with Gasteiger partial charge in [0.25, 0.3) is 11.8 Å². The molecule has 7 heteroatoms. The highest BCUT2D eigenvalue weighted by Crippen LogP contribution is 2.18. The van der Waals surface area contributed by atoms with Gasteiger partial charge in [-0.2, -0.15) is 0 Å². The molecule has 2 aliphatic rings. The predicted octanol–water partition coefficient (Wildman–Crippen LogP) is 0.816. The molecule has 136 valence electrons. The Kier molecular flexibility index (Phi) is 6.36. The van der Waals surface area contributed by atoms with Crippen LogP contribution in [0.1, 0.15) is 46.4 Å². The summed E-state index contributed by atoms with van der Waals surface area (Å²) in [5, 5.41) is 5.91. The lowest BCUT2D eigenvalue weighted by atomic mass is 10.1. The number of ether oxygens (including phenoxy) is 1. The van der Waals surface area contributed by atoms with E-state index in [1.807, 2.05) is 0 Å². The number of carbonyl (C=O) groups excluding carboxylic acids is 2. The van der Waals surface area contributed by atoms with Gasteiger partial charge in [-0.3, -0.25) is 19.5 Å². The second-order valence-electron chi connectivity index (χ2n) is 6.63. The van der Waals surface area contributed by atoms with Crippen LogP contribution in [-0.4, -0.2) is 67.1 Å². The maximum absolute atomic E-state index is 12.3. The fraction of sp³-hybridized carbons (Fsp3) is 0.611. The second-order valence-corrected chi connectivity index (χ2v) is 6.63. The minimum Gasteiger partial charge on any atom is -0.379 e. The molecule has 0 bridgehead atoms. The maximum Gasteiger partial charge on any atom is 0.253 e. The molecule has 1 aliphatic heterocycles. The van der Waals surface area contributed by atoms with E-state index in [1.165, 1.54) is 12.4 Å². The third-order valence-corrected chi connectivity index (χ3v) is 4.77. The number of amides is 2. The molecule has 2 heterocycles. The van der Waals surface area contributed by atoms with Crippen molar-refractivity contribution in [1.82, 2.24) is 20.5 Å². The van der Waals surface area contributed by atoms with Gasteiger partial charge in [0.2, 0.25) is 0 Å². The third-order valence-electron chi connectivity index (χ3n) is 4.77. The van der Waals surface area contributed by atoms with E-state index in [0.29, 0.717) is 17.7 Å². The summed E-state index contributed by atoms with van der Waals surface area (Å²) in [7, 11) is 0. The van der Waals surface area contributed by atoms with Gasteiger partial charge >= 0.3 is 0 Å². The number of hydrogen-bond donors (Lipinski definition) is 2. The van der Waals surface area contributed by atoms with Crippen LogP contribution in [0.15, 0.2) is 18.5 Å². The van der Waals surface area contributed by atoms with E-state index in [4.69, 9.17) is 4.74 Å². The first kappa shape index (κ1) is 17.8. The Morgan fingerprint density at radius 1 is 1.12 bits per heavy atom. The molecule has 0 unspecified atom stereocenters. The zero-order chi connectivity index (χ0) is 17.5. The van der Waals surface area contributed by atoms with Crippen molar-refractivity contribution in [3.8, 4) is 0 Å². The van der Waals surface area contributed by atoms with E-state index in [0.717, 1.165) is 58.5 Å². The van der Waals surface area contributed by atoms with Crippen LogP contribution in [-0.2, 0) is 4.74 Å². The molecule has 0 spiro atoms. The topological polar surface area (TPSA) is 83.6 Å². The van der Waals surface area contributed by atoms with Crippen LogP contribution in [0, 0.1) is 0 Å². The number of rotatable bonds is 6. The number of pyridine rings is 1. The van der Waals surface area contributed by atoms with E-state index in [1.54, 1.807) is 6.07 Å². The summed E-state index contributed by atoms with van der Waals surface area (Å²) >= 11 is 0. The smallest absolute Gasteiger partial charge is 0.253 e. The molecule has 2 N–H and O–H groups in total. The summed E-state index contributed by atoms with van der Waals surface area (Å²) in [5.74, 6) is -0.348. The highest BCUT2D eigenvalue weighted by atomic mass is 16.5. The lowest BCUT2D eigenvalue weighted by Gasteiger charge is -2.26. The van der Waals surface area contributed by atoms with E-state index >= 15 is 0 Å². The predicted molar refractivity (Wildman–Crippen MR) is 93.6 cm³/mol. The van der Waals surface area contributed by atoms with Gasteiger partial charge in [0, 0.05) is 44.6 Å². The molecule has 1 aliphatic carbocycles. The number of nitrogens with one attached hydrogen (secondary N) is 2. The van der Waals surface area contributed by atoms with Crippen molar-refractivity contribution in [1.29, 1.82) is 0 Å². The summed E-state index contributed by atoms with van der Waals surface area (Å²) in [5.41, 5.74) is 0.855. The van der Waals surface area contributed by atoms with Gasteiger partial charge in [0.05, 0.1) is 24.3 Å². The van der Waals surface area contributed by atoms with Gasteiger partial charge in [0.15, 0.2) is 0 Å². The van der Waals surface area contributed by atoms with E-state index in [-0.39, 0.29) is 17.9 Å². The average Bonchev–Trinajstić information content (AvgIpc) is 3.15. The number of carbonyl (C=O) groups is 2. The first-order valence-electron chi connectivity index (χ1n) is 9.06. The maximum atomic E-state index is 12.3. The average molecular weight is 346 g/mol. The normalized spacial score (nSPS) is 18.9. The van der Waals surface area contributed by atoms with E-state index in [2.05, 4.69) is 20.5 Å². The number of aromatic nitrogens is 1. The van der Waals surface area contributed by atoms with Crippen LogP contribution >= 0.6 is 0 Å². The van der Waals surface area contributed by atoms with E-state index < -0.39 is 0 Å². The summed E-state index contributed by atoms with van der Waals surface area (Å²) in [6, 6.07) is 1.86. The van der Waals surface area contributed by atoms with Gasteiger partial charge in [-0.25, -0.2) is 0 Å². The molecular weight excluding hydrogens is 320 g/mol. The Morgan fingerprint density at radius 3 is 2.52 bits per heavy atom. The fourth-order valence-corrected chi connectivity index (χ4v) is 3.28. The Bertz CT molecular complexity index is 596. The number of nitrogens with zero attached hydrogens (tertiary/aromatic N) is 2. The van der Waals surface area contributed by atoms with Gasteiger partial charge in [-0.15, -0.1) is 0 Å². The molecule has 25 heavy (non-hydrogen) atoms. The molecule has 0 aromatic carbocycles. The second kappa shape index (κ2) is 8.92. The van der Waals surface area contributed by atoms with Crippen LogP contribution in [0.3, 0.4) is 0 Å². The van der Waals surface area contributed by atoms with Crippen LogP contribution in [0.25, 0.3) is 0 Å². The van der Waals surface area contributed by atoms with Crippen LogP contribution in [0.2, 0.25) is 0 Å². The standard InChI is InChI=1S/C18H26N4O3/c23-17(20-5-6-22-7-9-25-10-8-22)14-11-15(13-19-12-14)18(24)21-16-3-1-2-4-16/h11-13,16H,1-10H2,(H,20,23)(H,21,24). The Hall–Kier alpha value is -1.99. The van der Waals surface area contributed by atoms with Crippen LogP contribution < -0.4 is 10.6 Å². The van der Waals surface area contributed by atoms with Crippen molar-refractivity contribution in [2.45, 2.75) is 31.7 Å². The number of morpholine rings is 1. The summed E-state index contributed by atoms with van der Waals surface area (Å²) in [6.45, 7) is 4.65. The van der Waals surface area contributed by atoms with Crippen molar-refractivity contribution in [2.75, 3.05) is 39.4 Å². The van der Waals surface area contributed by atoms with Gasteiger partial charge in [-0.05, 0) is 18.9 Å². The SMILES string of the molecule is O=C(NCCN1CCOCC1)c1cncc(C(=O)NC2CCCC2)c1. The molecule has 3 rings (SSSR count). The summed E-state index contributed by atoms with van der Waals surface area (Å²) in [4.78, 5) is 30.9. The van der Waals surface area contributed by atoms with Gasteiger partial charge < -0.3 is 15.4 Å². The van der Waals surface area contributed by atoms with Gasteiger partial charge in [0.1, 0.15) is 0 Å². The van der Waals surface area contributed by atoms with E-state index in [9.17, 15) is 9.59 Å². The van der Waals surface area contributed by atoms with Crippen molar-refractivity contribution < 1.29 is 14.3 Å². The first-order chi connectivity index (χ1) is 12.2. The first-order valence-corrected chi connectivity index (χ1v) is 9.06. The molecule has 0 radical (unpaired) electrons. The van der Waals surface area contributed by atoms with Crippen molar-refractivity contribution in [3.05, 3.63) is 29.6 Å². The van der Waals surface area contributed by atoms with Gasteiger partial charge in [-0.1, -0.05) is 12.8 Å². The highest BCUT2D eigenvalue weighted by Gasteiger charge is 2.19. The Balaban J connectivity index is 1.49. The van der Waals surface area contributed by atoms with Crippen molar-refractivity contribution >= 4 is 11.8 Å². The molecule has 7 nitrogen and oxygen atoms in total. The summed E-state index contributed by atoms with van der Waals surface area (Å²) < 4.78 is 5.30. The zero-order valence-corrected chi connectivity index (χ0v) is 14.5. The lowest BCUT2D eigenvalue weighted by Crippen LogP contribution is -2.41. The molecule has 2 fully saturated rings. The molecule has 1 saturated carbocycles. The lowest BCUT2D eigenvalue weighted by molar-refractivity contribution is 0.0383. The van der Waals surface area contributed by atoms with Crippen molar-refractivity contribution in [3.63, 3.8) is 0 Å². The Morgan fingerprint density at radius 2 is 1.80 bits per heavy atom. The third kappa shape index (κ3) is 5.24. The largest absolute Gasteiger partial charge is 0.379 e. The summed E-state index contributed by atoms with van der Waals surface area (Å²) in [6.07, 6.45) is 7.39. The monoisotopic (exact) mass is 346 g/mol. The van der Waals surface area contributed by atoms with Crippen molar-refractivity contribution in [2.24, 2.45) is 0 Å². The minimum atomic E-state index is -0.198. The fourth-order valence-electron chi connectivity index (χ4n) is 3.28. The van der Waals surface area contributed by atoms with Crippen LogP contribution in [0.5, 0.6) is 0 Å². The highest BCUT2D eigenvalue weighted by molar-refractivity contribution is 5.99. The molecule has 0 atom stereocenters. The zero-order valence-electron chi connectivity index (χ0n) is 14.5. The molecule has 1 aromatic heterocycles. The molecule has 1 saturated heterocycles. The Labute approximate surface area is 148 Å². The number of hydrogen-bond acceptors (Lipinski definition) is 5.